The van der Waals surface area contributed by atoms with Crippen molar-refractivity contribution in [2.75, 3.05) is 18.9 Å². The number of hydrogen-bond acceptors (Lipinski definition) is 11. The molecule has 0 spiro atoms. The number of hydrogen-bond donors (Lipinski definition) is 1. The summed E-state index contributed by atoms with van der Waals surface area (Å²) in [6.45, 7) is 3.27. The van der Waals surface area contributed by atoms with Gasteiger partial charge in [-0.25, -0.2) is 23.4 Å². The third-order valence-electron chi connectivity index (χ3n) is 5.43. The van der Waals surface area contributed by atoms with Crippen LogP contribution in [0.1, 0.15) is 37.5 Å². The Morgan fingerprint density at radius 3 is 2.50 bits per heavy atom. The Kier molecular flexibility index (Phi) is 7.47. The lowest BCUT2D eigenvalue weighted by molar-refractivity contribution is 0.0950. The third kappa shape index (κ3) is 5.15. The molecule has 13 nitrogen and oxygen atoms in total. The molecule has 0 aliphatic heterocycles. The fourth-order valence-electron chi connectivity index (χ4n) is 3.48. The van der Waals surface area contributed by atoms with Gasteiger partial charge in [0, 0.05) is 31.6 Å². The van der Waals surface area contributed by atoms with Gasteiger partial charge in [0.1, 0.15) is 29.0 Å². The molecule has 0 saturated heterocycles. The van der Waals surface area contributed by atoms with Crippen LogP contribution in [0.4, 0.5) is 5.95 Å². The second-order valence-corrected chi connectivity index (χ2v) is 10.1. The number of rotatable bonds is 10. The summed E-state index contributed by atoms with van der Waals surface area (Å²) in [5.41, 5.74) is 0.941. The highest BCUT2D eigenvalue weighted by Gasteiger charge is 2.35. The zero-order valence-electron chi connectivity index (χ0n) is 19.7. The molecule has 1 N–H and O–H groups in total. The predicted octanol–water partition coefficient (Wildman–Crippen LogP) is 2.91. The van der Waals surface area contributed by atoms with Gasteiger partial charge in [-0.2, -0.15) is 0 Å². The van der Waals surface area contributed by atoms with Crippen LogP contribution >= 0.6 is 11.6 Å². The lowest BCUT2D eigenvalue weighted by atomic mass is 10.2. The van der Waals surface area contributed by atoms with Gasteiger partial charge < -0.3 is 14.0 Å². The highest BCUT2D eigenvalue weighted by molar-refractivity contribution is 7.93. The first-order valence-electron chi connectivity index (χ1n) is 10.6. The normalized spacial score (nSPS) is 14.2. The minimum absolute atomic E-state index is 0.0520. The van der Waals surface area contributed by atoms with Crippen molar-refractivity contribution in [1.82, 2.24) is 34.9 Å². The molecule has 0 amide bonds. The lowest BCUT2D eigenvalue weighted by Gasteiger charge is -2.23. The lowest BCUT2D eigenvalue weighted by Crippen LogP contribution is -2.33. The largest absolute Gasteiger partial charge is 0.481 e. The molecule has 190 valence electrons. The van der Waals surface area contributed by atoms with E-state index >= 15 is 0 Å². The molecule has 0 radical (unpaired) electrons. The molecular weight excluding hydrogens is 512 g/mol. The standard InChI is InChI=1S/C21H23ClN8O5S/c1-12(15-8-9-35-28-15)30-20(16-6-5-7-17(25-16)33-3)26-27-21(30)29-36(31,32)13(2)18(34-4)19-23-10-14(22)11-24-19/h5-13,18H,1-4H3,(H,27,29)/t12-,13+,18+/m1/s1. The zero-order valence-corrected chi connectivity index (χ0v) is 21.3. The number of sulfonamides is 1. The van der Waals surface area contributed by atoms with E-state index in [-0.39, 0.29) is 11.8 Å². The molecule has 4 aromatic rings. The van der Waals surface area contributed by atoms with Crippen LogP contribution in [-0.4, -0.2) is 62.8 Å². The summed E-state index contributed by atoms with van der Waals surface area (Å²) < 4.78 is 46.6. The van der Waals surface area contributed by atoms with Gasteiger partial charge >= 0.3 is 0 Å². The molecule has 15 heteroatoms. The number of ether oxygens (including phenoxy) is 2. The molecule has 0 aliphatic rings. The molecule has 4 rings (SSSR count). The molecule has 0 saturated carbocycles. The number of nitrogens with zero attached hydrogens (tertiary/aromatic N) is 7. The van der Waals surface area contributed by atoms with Crippen molar-refractivity contribution in [2.45, 2.75) is 31.2 Å². The van der Waals surface area contributed by atoms with Crippen LogP contribution in [0.5, 0.6) is 5.88 Å². The van der Waals surface area contributed by atoms with Gasteiger partial charge in [0.15, 0.2) is 11.6 Å². The second kappa shape index (κ2) is 10.6. The van der Waals surface area contributed by atoms with Crippen LogP contribution in [0.15, 0.2) is 47.4 Å². The van der Waals surface area contributed by atoms with Crippen LogP contribution in [0.3, 0.4) is 0 Å². The van der Waals surface area contributed by atoms with Gasteiger partial charge in [0.2, 0.25) is 21.9 Å². The first-order valence-corrected chi connectivity index (χ1v) is 12.6. The van der Waals surface area contributed by atoms with Crippen molar-refractivity contribution in [3.63, 3.8) is 0 Å². The average molecular weight is 535 g/mol. The summed E-state index contributed by atoms with van der Waals surface area (Å²) in [5, 5.41) is 11.5. The van der Waals surface area contributed by atoms with Crippen molar-refractivity contribution in [1.29, 1.82) is 0 Å². The zero-order chi connectivity index (χ0) is 25.9. The van der Waals surface area contributed by atoms with E-state index in [2.05, 4.69) is 35.0 Å². The fourth-order valence-corrected chi connectivity index (χ4v) is 4.72. The number of halogens is 1. The van der Waals surface area contributed by atoms with Crippen LogP contribution in [0.25, 0.3) is 11.5 Å². The van der Waals surface area contributed by atoms with Crippen LogP contribution < -0.4 is 9.46 Å². The quantitative estimate of drug-likeness (QED) is 0.318. The first-order chi connectivity index (χ1) is 17.2. The minimum Gasteiger partial charge on any atom is -0.481 e. The SMILES string of the molecule is COc1cccc(-c2nnc(NS(=O)(=O)[C@@H](C)[C@H](OC)c3ncc(Cl)cn3)n2[C@H](C)c2ccon2)n1. The number of aromatic nitrogens is 7. The molecule has 0 unspecified atom stereocenters. The van der Waals surface area contributed by atoms with E-state index in [4.69, 9.17) is 25.6 Å². The first kappa shape index (κ1) is 25.5. The Hall–Kier alpha value is -3.62. The average Bonchev–Trinajstić information content (AvgIpc) is 3.55. The van der Waals surface area contributed by atoms with E-state index in [1.165, 1.54) is 39.8 Å². The van der Waals surface area contributed by atoms with Crippen molar-refractivity contribution >= 4 is 27.6 Å². The van der Waals surface area contributed by atoms with E-state index < -0.39 is 27.4 Å². The van der Waals surface area contributed by atoms with Crippen molar-refractivity contribution in [3.05, 3.63) is 59.5 Å². The van der Waals surface area contributed by atoms with E-state index in [1.54, 1.807) is 35.8 Å². The molecule has 0 aliphatic carbocycles. The highest BCUT2D eigenvalue weighted by Crippen LogP contribution is 2.30. The molecule has 4 heterocycles. The van der Waals surface area contributed by atoms with Crippen molar-refractivity contribution < 1.29 is 22.4 Å². The predicted molar refractivity (Wildman–Crippen MR) is 129 cm³/mol. The van der Waals surface area contributed by atoms with E-state index in [9.17, 15) is 8.42 Å². The van der Waals surface area contributed by atoms with Gasteiger partial charge in [-0.15, -0.1) is 10.2 Å². The topological polar surface area (TPSA) is 160 Å². The van der Waals surface area contributed by atoms with Crippen LogP contribution in [0.2, 0.25) is 5.02 Å². The molecule has 36 heavy (non-hydrogen) atoms. The van der Waals surface area contributed by atoms with Crippen molar-refractivity contribution in [3.8, 4) is 17.4 Å². The summed E-state index contributed by atoms with van der Waals surface area (Å²) in [7, 11) is -1.23. The Morgan fingerprint density at radius 2 is 1.86 bits per heavy atom. The maximum Gasteiger partial charge on any atom is 0.240 e. The monoisotopic (exact) mass is 534 g/mol. The Balaban J connectivity index is 1.73. The minimum atomic E-state index is -4.09. The van der Waals surface area contributed by atoms with E-state index in [0.29, 0.717) is 28.1 Å². The van der Waals surface area contributed by atoms with Gasteiger partial charge in [0.05, 0.1) is 18.2 Å². The Morgan fingerprint density at radius 1 is 1.11 bits per heavy atom. The number of anilines is 1. The Labute approximate surface area is 211 Å². The Bertz CT molecular complexity index is 1410. The molecule has 3 atom stereocenters. The smallest absolute Gasteiger partial charge is 0.240 e. The van der Waals surface area contributed by atoms with Gasteiger partial charge in [0.25, 0.3) is 0 Å². The number of nitrogens with one attached hydrogen (secondary N) is 1. The summed E-state index contributed by atoms with van der Waals surface area (Å²) in [5.74, 6) is 0.763. The summed E-state index contributed by atoms with van der Waals surface area (Å²) >= 11 is 5.86. The van der Waals surface area contributed by atoms with Crippen molar-refractivity contribution in [2.24, 2.45) is 0 Å². The fraction of sp³-hybridized carbons (Fsp3) is 0.333. The third-order valence-corrected chi connectivity index (χ3v) is 7.32. The van der Waals surface area contributed by atoms with E-state index in [1.807, 2.05) is 0 Å². The summed E-state index contributed by atoms with van der Waals surface area (Å²) in [6.07, 6.45) is 3.17. The second-order valence-electron chi connectivity index (χ2n) is 7.65. The molecule has 4 aromatic heterocycles. The summed E-state index contributed by atoms with van der Waals surface area (Å²) in [6, 6.07) is 6.26. The maximum absolute atomic E-state index is 13.4. The van der Waals surface area contributed by atoms with Gasteiger partial charge in [-0.1, -0.05) is 22.8 Å². The molecular formula is C21H23ClN8O5S. The van der Waals surface area contributed by atoms with Gasteiger partial charge in [-0.3, -0.25) is 9.29 Å². The molecule has 0 aromatic carbocycles. The molecule has 0 fully saturated rings. The van der Waals surface area contributed by atoms with Crippen LogP contribution in [0, 0.1) is 0 Å². The number of pyridine rings is 1. The number of methoxy groups -OCH3 is 2. The maximum atomic E-state index is 13.4. The highest BCUT2D eigenvalue weighted by atomic mass is 35.5. The van der Waals surface area contributed by atoms with Gasteiger partial charge in [-0.05, 0) is 19.9 Å². The van der Waals surface area contributed by atoms with Crippen LogP contribution in [-0.2, 0) is 14.8 Å². The van der Waals surface area contributed by atoms with E-state index in [0.717, 1.165) is 0 Å². The summed E-state index contributed by atoms with van der Waals surface area (Å²) in [4.78, 5) is 12.6. The molecule has 0 bridgehead atoms.